The Labute approximate surface area is 119 Å². The van der Waals surface area contributed by atoms with Gasteiger partial charge in [0.1, 0.15) is 6.10 Å². The fraction of sp³-hybridized carbons (Fsp3) is 0.733. The lowest BCUT2D eigenvalue weighted by molar-refractivity contribution is 0.138. The second-order valence-electron chi connectivity index (χ2n) is 6.05. The second-order valence-corrected chi connectivity index (χ2v) is 6.05. The highest BCUT2D eigenvalue weighted by Gasteiger charge is 2.23. The van der Waals surface area contributed by atoms with Crippen LogP contribution in [-0.2, 0) is 4.74 Å². The highest BCUT2D eigenvalue weighted by molar-refractivity contribution is 5.28. The number of rotatable bonds is 3. The Morgan fingerprint density at radius 1 is 1.20 bits per heavy atom. The Bertz CT molecular complexity index is 452. The van der Waals surface area contributed by atoms with E-state index in [4.69, 9.17) is 15.2 Å². The van der Waals surface area contributed by atoms with Gasteiger partial charge in [0.15, 0.2) is 0 Å². The summed E-state index contributed by atoms with van der Waals surface area (Å²) in [6.07, 6.45) is 5.92. The molecule has 5 nitrogen and oxygen atoms in total. The van der Waals surface area contributed by atoms with E-state index in [2.05, 4.69) is 16.9 Å². The normalized spacial score (nSPS) is 30.4. The maximum absolute atomic E-state index is 5.85. The minimum atomic E-state index is 0.100. The molecule has 2 N–H and O–H groups in total. The van der Waals surface area contributed by atoms with Crippen molar-refractivity contribution >= 4 is 5.95 Å². The Kier molecular flexibility index (Phi) is 4.05. The van der Waals surface area contributed by atoms with Crippen LogP contribution in [-0.4, -0.2) is 29.3 Å². The van der Waals surface area contributed by atoms with E-state index >= 15 is 0 Å². The Morgan fingerprint density at radius 3 is 2.70 bits per heavy atom. The van der Waals surface area contributed by atoms with Crippen LogP contribution in [0.25, 0.3) is 0 Å². The van der Waals surface area contributed by atoms with Gasteiger partial charge in [0, 0.05) is 18.4 Å². The molecule has 0 spiro atoms. The predicted molar refractivity (Wildman–Crippen MR) is 76.7 cm³/mol. The molecule has 1 saturated heterocycles. The van der Waals surface area contributed by atoms with Crippen molar-refractivity contribution in [3.8, 4) is 5.88 Å². The summed E-state index contributed by atoms with van der Waals surface area (Å²) in [5, 5.41) is 0. The SMILES string of the molecule is CC1CCC(c2cc(OC3CCOC3)nc(N)n2)CC1. The molecule has 2 fully saturated rings. The number of nitrogens with zero attached hydrogens (tertiary/aromatic N) is 2. The first-order valence-corrected chi connectivity index (χ1v) is 7.59. The standard InChI is InChI=1S/C15H23N3O2/c1-10-2-4-11(5-3-10)13-8-14(18-15(16)17-13)20-12-6-7-19-9-12/h8,10-12H,2-7,9H2,1H3,(H2,16,17,18). The highest BCUT2D eigenvalue weighted by Crippen LogP contribution is 2.35. The molecular formula is C15H23N3O2. The largest absolute Gasteiger partial charge is 0.472 e. The quantitative estimate of drug-likeness (QED) is 0.919. The first kappa shape index (κ1) is 13.6. The van der Waals surface area contributed by atoms with Crippen molar-refractivity contribution < 1.29 is 9.47 Å². The van der Waals surface area contributed by atoms with Crippen LogP contribution in [0.1, 0.15) is 50.6 Å². The Morgan fingerprint density at radius 2 is 2.00 bits per heavy atom. The van der Waals surface area contributed by atoms with Gasteiger partial charge in [0.05, 0.1) is 18.9 Å². The molecule has 1 aliphatic carbocycles. The Hall–Kier alpha value is -1.36. The van der Waals surface area contributed by atoms with E-state index in [1.54, 1.807) is 0 Å². The summed E-state index contributed by atoms with van der Waals surface area (Å²) in [5.41, 5.74) is 6.87. The van der Waals surface area contributed by atoms with Gasteiger partial charge in [0.2, 0.25) is 11.8 Å². The molecule has 2 heterocycles. The zero-order valence-corrected chi connectivity index (χ0v) is 12.0. The van der Waals surface area contributed by atoms with Crippen LogP contribution in [0.15, 0.2) is 6.07 Å². The van der Waals surface area contributed by atoms with E-state index in [-0.39, 0.29) is 6.10 Å². The summed E-state index contributed by atoms with van der Waals surface area (Å²) in [6.45, 7) is 3.72. The average Bonchev–Trinajstić information content (AvgIpc) is 2.91. The highest BCUT2D eigenvalue weighted by atomic mass is 16.5. The van der Waals surface area contributed by atoms with Crippen LogP contribution in [0, 0.1) is 5.92 Å². The summed E-state index contributed by atoms with van der Waals surface area (Å²) in [6, 6.07) is 1.97. The van der Waals surface area contributed by atoms with Crippen LogP contribution in [0.4, 0.5) is 5.95 Å². The molecule has 110 valence electrons. The van der Waals surface area contributed by atoms with Crippen molar-refractivity contribution in [2.75, 3.05) is 18.9 Å². The average molecular weight is 277 g/mol. The molecule has 1 atom stereocenters. The van der Waals surface area contributed by atoms with Crippen LogP contribution in [0.5, 0.6) is 5.88 Å². The van der Waals surface area contributed by atoms with Gasteiger partial charge >= 0.3 is 0 Å². The summed E-state index contributed by atoms with van der Waals surface area (Å²) in [5.74, 6) is 2.24. The lowest BCUT2D eigenvalue weighted by Crippen LogP contribution is -2.18. The number of anilines is 1. The molecule has 1 unspecified atom stereocenters. The van der Waals surface area contributed by atoms with E-state index in [1.165, 1.54) is 25.7 Å². The first-order chi connectivity index (χ1) is 9.70. The predicted octanol–water partition coefficient (Wildman–Crippen LogP) is 2.52. The zero-order chi connectivity index (χ0) is 13.9. The van der Waals surface area contributed by atoms with E-state index in [0.29, 0.717) is 24.4 Å². The third kappa shape index (κ3) is 3.20. The van der Waals surface area contributed by atoms with Crippen molar-refractivity contribution in [2.24, 2.45) is 5.92 Å². The number of aromatic nitrogens is 2. The van der Waals surface area contributed by atoms with E-state index < -0.39 is 0 Å². The van der Waals surface area contributed by atoms with Gasteiger partial charge in [-0.05, 0) is 18.8 Å². The molecule has 0 aromatic carbocycles. The fourth-order valence-electron chi connectivity index (χ4n) is 3.06. The molecule has 0 radical (unpaired) electrons. The second kappa shape index (κ2) is 5.95. The van der Waals surface area contributed by atoms with Gasteiger partial charge in [-0.1, -0.05) is 19.8 Å². The molecule has 0 bridgehead atoms. The minimum Gasteiger partial charge on any atom is -0.472 e. The molecule has 0 amide bonds. The summed E-state index contributed by atoms with van der Waals surface area (Å²) >= 11 is 0. The molecule has 20 heavy (non-hydrogen) atoms. The van der Waals surface area contributed by atoms with Crippen LogP contribution >= 0.6 is 0 Å². The van der Waals surface area contributed by atoms with Gasteiger partial charge < -0.3 is 15.2 Å². The zero-order valence-electron chi connectivity index (χ0n) is 12.0. The molecule has 5 heteroatoms. The molecule has 1 saturated carbocycles. The lowest BCUT2D eigenvalue weighted by atomic mass is 9.81. The van der Waals surface area contributed by atoms with Gasteiger partial charge in [0.25, 0.3) is 0 Å². The molecule has 2 aliphatic rings. The third-order valence-electron chi connectivity index (χ3n) is 4.35. The van der Waals surface area contributed by atoms with Crippen LogP contribution in [0.2, 0.25) is 0 Å². The molecule has 3 rings (SSSR count). The number of ether oxygens (including phenoxy) is 2. The maximum Gasteiger partial charge on any atom is 0.223 e. The van der Waals surface area contributed by atoms with Gasteiger partial charge in [-0.15, -0.1) is 0 Å². The van der Waals surface area contributed by atoms with E-state index in [1.807, 2.05) is 6.07 Å². The number of hydrogen-bond acceptors (Lipinski definition) is 5. The van der Waals surface area contributed by atoms with Crippen molar-refractivity contribution in [2.45, 2.75) is 51.0 Å². The summed E-state index contributed by atoms with van der Waals surface area (Å²) < 4.78 is 11.2. The third-order valence-corrected chi connectivity index (χ3v) is 4.35. The molecular weight excluding hydrogens is 254 g/mol. The van der Waals surface area contributed by atoms with Gasteiger partial charge in [-0.3, -0.25) is 0 Å². The first-order valence-electron chi connectivity index (χ1n) is 7.59. The number of nitrogen functional groups attached to an aromatic ring is 1. The van der Waals surface area contributed by atoms with Gasteiger partial charge in [-0.2, -0.15) is 4.98 Å². The minimum absolute atomic E-state index is 0.100. The van der Waals surface area contributed by atoms with Crippen molar-refractivity contribution in [3.05, 3.63) is 11.8 Å². The topological polar surface area (TPSA) is 70.3 Å². The van der Waals surface area contributed by atoms with Crippen LogP contribution in [0.3, 0.4) is 0 Å². The number of hydrogen-bond donors (Lipinski definition) is 1. The molecule has 1 aromatic heterocycles. The fourth-order valence-corrected chi connectivity index (χ4v) is 3.06. The maximum atomic E-state index is 5.85. The molecule has 1 aromatic rings. The number of nitrogens with two attached hydrogens (primary N) is 1. The smallest absolute Gasteiger partial charge is 0.223 e. The molecule has 1 aliphatic heterocycles. The summed E-state index contributed by atoms with van der Waals surface area (Å²) in [4.78, 5) is 8.61. The summed E-state index contributed by atoms with van der Waals surface area (Å²) in [7, 11) is 0. The monoisotopic (exact) mass is 277 g/mol. The van der Waals surface area contributed by atoms with Crippen molar-refractivity contribution in [3.63, 3.8) is 0 Å². The van der Waals surface area contributed by atoms with Crippen molar-refractivity contribution in [1.29, 1.82) is 0 Å². The van der Waals surface area contributed by atoms with E-state index in [0.717, 1.165) is 24.6 Å². The van der Waals surface area contributed by atoms with Crippen LogP contribution < -0.4 is 10.5 Å². The Balaban J connectivity index is 1.72. The van der Waals surface area contributed by atoms with Gasteiger partial charge in [-0.25, -0.2) is 4.98 Å². The lowest BCUT2D eigenvalue weighted by Gasteiger charge is -2.26. The van der Waals surface area contributed by atoms with E-state index in [9.17, 15) is 0 Å². The van der Waals surface area contributed by atoms with Crippen molar-refractivity contribution in [1.82, 2.24) is 9.97 Å².